The third kappa shape index (κ3) is 5.34. The molecule has 1 saturated heterocycles. The highest BCUT2D eigenvalue weighted by molar-refractivity contribution is 7.89. The number of aryl methyl sites for hydroxylation is 1. The van der Waals surface area contributed by atoms with E-state index in [-0.39, 0.29) is 35.8 Å². The SMILES string of the molecule is C=CC(=O)NC1CN(S(=O)(=O)c2ccc(C(=O)NCCCc3ccccc3)cc2)C1. The number of hydrogen-bond donors (Lipinski definition) is 2. The van der Waals surface area contributed by atoms with Crippen molar-refractivity contribution in [3.63, 3.8) is 0 Å². The van der Waals surface area contributed by atoms with E-state index >= 15 is 0 Å². The van der Waals surface area contributed by atoms with Gasteiger partial charge in [-0.2, -0.15) is 4.31 Å². The largest absolute Gasteiger partial charge is 0.352 e. The summed E-state index contributed by atoms with van der Waals surface area (Å²) in [6.07, 6.45) is 2.85. The number of nitrogens with one attached hydrogen (secondary N) is 2. The van der Waals surface area contributed by atoms with E-state index in [1.54, 1.807) is 0 Å². The van der Waals surface area contributed by atoms with Crippen molar-refractivity contribution in [2.45, 2.75) is 23.8 Å². The first kappa shape index (κ1) is 21.7. The van der Waals surface area contributed by atoms with Gasteiger partial charge in [0.1, 0.15) is 0 Å². The van der Waals surface area contributed by atoms with Gasteiger partial charge in [0.05, 0.1) is 10.9 Å². The number of amides is 2. The molecule has 1 heterocycles. The Labute approximate surface area is 176 Å². The Bertz CT molecular complexity index is 998. The van der Waals surface area contributed by atoms with Gasteiger partial charge in [-0.1, -0.05) is 36.9 Å². The van der Waals surface area contributed by atoms with Crippen molar-refractivity contribution in [1.29, 1.82) is 0 Å². The molecular formula is C22H25N3O4S. The van der Waals surface area contributed by atoms with Crippen LogP contribution in [0.5, 0.6) is 0 Å². The van der Waals surface area contributed by atoms with Gasteiger partial charge in [0.2, 0.25) is 15.9 Å². The zero-order valence-corrected chi connectivity index (χ0v) is 17.4. The normalized spacial score (nSPS) is 14.5. The van der Waals surface area contributed by atoms with Crippen LogP contribution in [0.4, 0.5) is 0 Å². The minimum atomic E-state index is -3.65. The fourth-order valence-electron chi connectivity index (χ4n) is 3.15. The highest BCUT2D eigenvalue weighted by Crippen LogP contribution is 2.22. The van der Waals surface area contributed by atoms with Crippen LogP contribution in [0.3, 0.4) is 0 Å². The number of carbonyl (C=O) groups is 2. The molecule has 1 aliphatic rings. The standard InChI is InChI=1S/C22H25N3O4S/c1-2-21(26)24-19-15-25(16-19)30(28,29)20-12-10-18(11-13-20)22(27)23-14-6-9-17-7-4-3-5-8-17/h2-5,7-8,10-13,19H,1,6,9,14-16H2,(H,23,27)(H,24,26). The Morgan fingerprint density at radius 3 is 2.37 bits per heavy atom. The van der Waals surface area contributed by atoms with Gasteiger partial charge in [-0.15, -0.1) is 0 Å². The molecule has 0 bridgehead atoms. The summed E-state index contributed by atoms with van der Waals surface area (Å²) in [5.74, 6) is -0.556. The fraction of sp³-hybridized carbons (Fsp3) is 0.273. The van der Waals surface area contributed by atoms with Crippen molar-refractivity contribution in [3.8, 4) is 0 Å². The first-order valence-electron chi connectivity index (χ1n) is 9.75. The van der Waals surface area contributed by atoms with E-state index in [4.69, 9.17) is 0 Å². The summed E-state index contributed by atoms with van der Waals surface area (Å²) >= 11 is 0. The van der Waals surface area contributed by atoms with Crippen LogP contribution in [0.25, 0.3) is 0 Å². The number of carbonyl (C=O) groups excluding carboxylic acids is 2. The zero-order valence-electron chi connectivity index (χ0n) is 16.6. The lowest BCUT2D eigenvalue weighted by Crippen LogP contribution is -2.60. The maximum absolute atomic E-state index is 12.6. The quantitative estimate of drug-likeness (QED) is 0.471. The number of benzene rings is 2. The minimum absolute atomic E-state index is 0.122. The summed E-state index contributed by atoms with van der Waals surface area (Å²) in [6, 6.07) is 15.7. The first-order valence-corrected chi connectivity index (χ1v) is 11.2. The van der Waals surface area contributed by atoms with Crippen molar-refractivity contribution in [1.82, 2.24) is 14.9 Å². The van der Waals surface area contributed by atoms with E-state index in [0.717, 1.165) is 18.9 Å². The van der Waals surface area contributed by atoms with Crippen molar-refractivity contribution < 1.29 is 18.0 Å². The summed E-state index contributed by atoms with van der Waals surface area (Å²) in [7, 11) is -3.65. The van der Waals surface area contributed by atoms with Gasteiger partial charge in [0.15, 0.2) is 0 Å². The Morgan fingerprint density at radius 2 is 1.73 bits per heavy atom. The molecule has 0 spiro atoms. The smallest absolute Gasteiger partial charge is 0.251 e. The molecule has 2 aromatic rings. The molecule has 30 heavy (non-hydrogen) atoms. The van der Waals surface area contributed by atoms with Gasteiger partial charge in [0, 0.05) is 25.2 Å². The number of nitrogens with zero attached hydrogens (tertiary/aromatic N) is 1. The predicted octanol–water partition coefficient (Wildman–Crippen LogP) is 1.72. The van der Waals surface area contributed by atoms with Crippen LogP contribution in [0.15, 0.2) is 72.1 Å². The first-order chi connectivity index (χ1) is 14.4. The molecule has 0 saturated carbocycles. The minimum Gasteiger partial charge on any atom is -0.352 e. The Hall–Kier alpha value is -2.97. The molecule has 2 amide bonds. The topological polar surface area (TPSA) is 95.6 Å². The molecule has 7 nitrogen and oxygen atoms in total. The molecule has 2 N–H and O–H groups in total. The average Bonchev–Trinajstić information content (AvgIpc) is 2.73. The molecule has 0 aliphatic carbocycles. The fourth-order valence-corrected chi connectivity index (χ4v) is 4.68. The summed E-state index contributed by atoms with van der Waals surface area (Å²) in [6.45, 7) is 4.34. The van der Waals surface area contributed by atoms with Crippen LogP contribution in [0, 0.1) is 0 Å². The van der Waals surface area contributed by atoms with E-state index in [0.29, 0.717) is 12.1 Å². The second-order valence-electron chi connectivity index (χ2n) is 7.10. The van der Waals surface area contributed by atoms with Crippen LogP contribution in [-0.4, -0.2) is 50.2 Å². The Kier molecular flexibility index (Phi) is 7.02. The number of sulfonamides is 1. The third-order valence-electron chi connectivity index (χ3n) is 4.90. The van der Waals surface area contributed by atoms with Crippen LogP contribution in [-0.2, 0) is 21.2 Å². The van der Waals surface area contributed by atoms with Crippen molar-refractivity contribution in [2.24, 2.45) is 0 Å². The van der Waals surface area contributed by atoms with Gasteiger partial charge in [-0.05, 0) is 48.7 Å². The Morgan fingerprint density at radius 1 is 1.07 bits per heavy atom. The van der Waals surface area contributed by atoms with E-state index in [9.17, 15) is 18.0 Å². The van der Waals surface area contributed by atoms with E-state index < -0.39 is 10.0 Å². The molecule has 158 valence electrons. The summed E-state index contributed by atoms with van der Waals surface area (Å²) < 4.78 is 26.6. The van der Waals surface area contributed by atoms with Crippen LogP contribution in [0.2, 0.25) is 0 Å². The lowest BCUT2D eigenvalue weighted by Gasteiger charge is -2.38. The van der Waals surface area contributed by atoms with Gasteiger partial charge in [-0.3, -0.25) is 9.59 Å². The average molecular weight is 428 g/mol. The van der Waals surface area contributed by atoms with Crippen LogP contribution < -0.4 is 10.6 Å². The van der Waals surface area contributed by atoms with Gasteiger partial charge in [-0.25, -0.2) is 8.42 Å². The molecule has 3 rings (SSSR count). The van der Waals surface area contributed by atoms with Gasteiger partial charge < -0.3 is 10.6 Å². The van der Waals surface area contributed by atoms with Crippen molar-refractivity contribution in [2.75, 3.05) is 19.6 Å². The molecule has 0 radical (unpaired) electrons. The van der Waals surface area contributed by atoms with Crippen LogP contribution in [0.1, 0.15) is 22.3 Å². The predicted molar refractivity (Wildman–Crippen MR) is 114 cm³/mol. The third-order valence-corrected chi connectivity index (χ3v) is 6.75. The second-order valence-corrected chi connectivity index (χ2v) is 9.04. The van der Waals surface area contributed by atoms with Gasteiger partial charge >= 0.3 is 0 Å². The maximum Gasteiger partial charge on any atom is 0.251 e. The number of hydrogen-bond acceptors (Lipinski definition) is 4. The molecule has 2 aromatic carbocycles. The highest BCUT2D eigenvalue weighted by Gasteiger charge is 2.37. The molecule has 0 unspecified atom stereocenters. The van der Waals surface area contributed by atoms with Crippen molar-refractivity contribution >= 4 is 21.8 Å². The molecule has 1 aliphatic heterocycles. The van der Waals surface area contributed by atoms with Gasteiger partial charge in [0.25, 0.3) is 5.91 Å². The van der Waals surface area contributed by atoms with Crippen molar-refractivity contribution in [3.05, 3.63) is 78.4 Å². The molecule has 0 atom stereocenters. The maximum atomic E-state index is 12.6. The second kappa shape index (κ2) is 9.69. The summed E-state index contributed by atoms with van der Waals surface area (Å²) in [4.78, 5) is 23.7. The monoisotopic (exact) mass is 427 g/mol. The molecule has 1 fully saturated rings. The van der Waals surface area contributed by atoms with Crippen LogP contribution >= 0.6 is 0 Å². The Balaban J connectivity index is 1.48. The molecule has 0 aromatic heterocycles. The van der Waals surface area contributed by atoms with E-state index in [2.05, 4.69) is 29.3 Å². The van der Waals surface area contributed by atoms with E-state index in [1.165, 1.54) is 34.1 Å². The summed E-state index contributed by atoms with van der Waals surface area (Å²) in [5, 5.41) is 5.52. The number of rotatable bonds is 9. The lowest BCUT2D eigenvalue weighted by molar-refractivity contribution is -0.117. The zero-order chi connectivity index (χ0) is 21.6. The highest BCUT2D eigenvalue weighted by atomic mass is 32.2. The molecule has 8 heteroatoms. The lowest BCUT2D eigenvalue weighted by atomic mass is 10.1. The summed E-state index contributed by atoms with van der Waals surface area (Å²) in [5.41, 5.74) is 1.63. The van der Waals surface area contributed by atoms with E-state index in [1.807, 2.05) is 18.2 Å². The molecular weight excluding hydrogens is 402 g/mol.